The quantitative estimate of drug-likeness (QED) is 0.540. The summed E-state index contributed by atoms with van der Waals surface area (Å²) in [6, 6.07) is 0. The molecule has 0 aliphatic heterocycles. The van der Waals surface area contributed by atoms with E-state index in [0.717, 1.165) is 12.1 Å². The number of hydrogen-bond acceptors (Lipinski definition) is 1. The lowest BCUT2D eigenvalue weighted by Gasteiger charge is -1.95. The van der Waals surface area contributed by atoms with Crippen molar-refractivity contribution in [2.75, 3.05) is 0 Å². The minimum atomic E-state index is 0.737. The molecule has 0 atom stereocenters. The summed E-state index contributed by atoms with van der Waals surface area (Å²) >= 11 is 0. The molecular weight excluding hydrogens is 98.1 g/mol. The normalized spacial score (nSPS) is 11.5. The molecule has 0 bridgehead atoms. The Morgan fingerprint density at radius 2 is 2.25 bits per heavy atom. The van der Waals surface area contributed by atoms with Crippen LogP contribution < -0.4 is 5.73 Å². The molecule has 0 aliphatic carbocycles. The summed E-state index contributed by atoms with van der Waals surface area (Å²) in [7, 11) is 0. The third kappa shape index (κ3) is 3.47. The van der Waals surface area contributed by atoms with Gasteiger partial charge in [0, 0.05) is 12.1 Å². The van der Waals surface area contributed by atoms with Gasteiger partial charge in [-0.1, -0.05) is 18.2 Å². The van der Waals surface area contributed by atoms with Crippen LogP contribution in [0.3, 0.4) is 0 Å². The van der Waals surface area contributed by atoms with Gasteiger partial charge in [0.2, 0.25) is 0 Å². The largest absolute Gasteiger partial charge is 0.402 e. The summed E-state index contributed by atoms with van der Waals surface area (Å²) in [6.45, 7) is 7.62. The van der Waals surface area contributed by atoms with E-state index in [9.17, 15) is 0 Å². The molecule has 8 heavy (non-hydrogen) atoms. The molecule has 0 saturated heterocycles. The molecule has 1 nitrogen and oxygen atoms in total. The van der Waals surface area contributed by atoms with Crippen LogP contribution in [0.5, 0.6) is 0 Å². The molecule has 0 heterocycles. The highest BCUT2D eigenvalue weighted by atomic mass is 14.6. The van der Waals surface area contributed by atoms with Crippen molar-refractivity contribution in [3.8, 4) is 0 Å². The van der Waals surface area contributed by atoms with Crippen LogP contribution in [-0.4, -0.2) is 0 Å². The van der Waals surface area contributed by atoms with E-state index in [4.69, 9.17) is 5.73 Å². The SMILES string of the molecule is C=C(N)C/C(C)=C/C. The molecule has 46 valence electrons. The second kappa shape index (κ2) is 3.30. The lowest BCUT2D eigenvalue weighted by Crippen LogP contribution is -1.94. The molecule has 0 rings (SSSR count). The number of rotatable bonds is 2. The lowest BCUT2D eigenvalue weighted by molar-refractivity contribution is 1.08. The number of hydrogen-bond donors (Lipinski definition) is 1. The van der Waals surface area contributed by atoms with E-state index in [1.807, 2.05) is 19.9 Å². The summed E-state index contributed by atoms with van der Waals surface area (Å²) < 4.78 is 0. The molecule has 0 amide bonds. The highest BCUT2D eigenvalue weighted by Gasteiger charge is 1.85. The highest BCUT2D eigenvalue weighted by molar-refractivity contribution is 5.06. The van der Waals surface area contributed by atoms with Crippen molar-refractivity contribution in [2.24, 2.45) is 5.73 Å². The van der Waals surface area contributed by atoms with Crippen molar-refractivity contribution in [2.45, 2.75) is 20.3 Å². The van der Waals surface area contributed by atoms with Crippen molar-refractivity contribution < 1.29 is 0 Å². The summed E-state index contributed by atoms with van der Waals surface area (Å²) in [5.74, 6) is 0. The van der Waals surface area contributed by atoms with Crippen LogP contribution in [-0.2, 0) is 0 Å². The van der Waals surface area contributed by atoms with E-state index >= 15 is 0 Å². The Balaban J connectivity index is 3.56. The Morgan fingerprint density at radius 1 is 1.75 bits per heavy atom. The molecule has 2 N–H and O–H groups in total. The van der Waals surface area contributed by atoms with Gasteiger partial charge in [0.15, 0.2) is 0 Å². The van der Waals surface area contributed by atoms with Gasteiger partial charge >= 0.3 is 0 Å². The lowest BCUT2D eigenvalue weighted by atomic mass is 10.2. The van der Waals surface area contributed by atoms with Crippen molar-refractivity contribution in [1.82, 2.24) is 0 Å². The standard InChI is InChI=1S/C7H13N/c1-4-6(2)5-7(3)8/h4H,3,5,8H2,1-2H3/b6-4+. The number of nitrogens with two attached hydrogens (primary N) is 1. The maximum absolute atomic E-state index is 5.33. The molecule has 0 radical (unpaired) electrons. The van der Waals surface area contributed by atoms with Crippen LogP contribution in [0.1, 0.15) is 20.3 Å². The fourth-order valence-corrected chi connectivity index (χ4v) is 0.460. The maximum atomic E-state index is 5.33. The van der Waals surface area contributed by atoms with Crippen LogP contribution in [0.2, 0.25) is 0 Å². The Morgan fingerprint density at radius 3 is 2.38 bits per heavy atom. The van der Waals surface area contributed by atoms with Gasteiger partial charge in [0.05, 0.1) is 0 Å². The van der Waals surface area contributed by atoms with E-state index < -0.39 is 0 Å². The summed E-state index contributed by atoms with van der Waals surface area (Å²) in [5.41, 5.74) is 7.35. The molecule has 1 heteroatoms. The molecule has 0 spiro atoms. The first kappa shape index (κ1) is 7.28. The molecule has 0 fully saturated rings. The van der Waals surface area contributed by atoms with Gasteiger partial charge in [-0.3, -0.25) is 0 Å². The Bertz CT molecular complexity index is 112. The molecule has 0 unspecified atom stereocenters. The average molecular weight is 111 g/mol. The van der Waals surface area contributed by atoms with E-state index in [1.165, 1.54) is 5.57 Å². The maximum Gasteiger partial charge on any atom is 0.00706 e. The van der Waals surface area contributed by atoms with Crippen LogP contribution in [0.4, 0.5) is 0 Å². The average Bonchev–Trinajstić information content (AvgIpc) is 1.65. The van der Waals surface area contributed by atoms with Gasteiger partial charge in [-0.05, 0) is 13.8 Å². The second-order valence-electron chi connectivity index (χ2n) is 1.97. The van der Waals surface area contributed by atoms with Gasteiger partial charge in [-0.2, -0.15) is 0 Å². The first-order chi connectivity index (χ1) is 3.66. The zero-order valence-corrected chi connectivity index (χ0v) is 5.57. The fourth-order valence-electron chi connectivity index (χ4n) is 0.460. The highest BCUT2D eigenvalue weighted by Crippen LogP contribution is 2.01. The molecule has 0 aliphatic rings. The molecule has 0 aromatic heterocycles. The smallest absolute Gasteiger partial charge is 0.00706 e. The predicted octanol–water partition coefficient (Wildman–Crippen LogP) is 1.82. The Labute approximate surface area is 50.9 Å². The van der Waals surface area contributed by atoms with Crippen LogP contribution in [0.25, 0.3) is 0 Å². The van der Waals surface area contributed by atoms with Crippen LogP contribution in [0, 0.1) is 0 Å². The van der Waals surface area contributed by atoms with Crippen LogP contribution >= 0.6 is 0 Å². The van der Waals surface area contributed by atoms with E-state index in [1.54, 1.807) is 0 Å². The molecular formula is C7H13N. The molecule has 0 aromatic rings. The van der Waals surface area contributed by atoms with Crippen molar-refractivity contribution >= 4 is 0 Å². The first-order valence-electron chi connectivity index (χ1n) is 2.72. The van der Waals surface area contributed by atoms with Crippen molar-refractivity contribution in [1.29, 1.82) is 0 Å². The zero-order chi connectivity index (χ0) is 6.57. The first-order valence-corrected chi connectivity index (χ1v) is 2.72. The third-order valence-corrected chi connectivity index (χ3v) is 0.999. The van der Waals surface area contributed by atoms with E-state index in [2.05, 4.69) is 6.58 Å². The predicted molar refractivity (Wildman–Crippen MR) is 37.4 cm³/mol. The Hall–Kier alpha value is -0.720. The topological polar surface area (TPSA) is 26.0 Å². The third-order valence-electron chi connectivity index (χ3n) is 0.999. The monoisotopic (exact) mass is 111 g/mol. The minimum Gasteiger partial charge on any atom is -0.402 e. The van der Waals surface area contributed by atoms with Crippen molar-refractivity contribution in [3.05, 3.63) is 23.9 Å². The zero-order valence-electron chi connectivity index (χ0n) is 5.57. The Kier molecular flexibility index (Phi) is 3.01. The summed E-state index contributed by atoms with van der Waals surface area (Å²) in [5, 5.41) is 0. The summed E-state index contributed by atoms with van der Waals surface area (Å²) in [6.07, 6.45) is 2.87. The van der Waals surface area contributed by atoms with E-state index in [0.29, 0.717) is 0 Å². The van der Waals surface area contributed by atoms with Crippen LogP contribution in [0.15, 0.2) is 23.9 Å². The van der Waals surface area contributed by atoms with Gasteiger partial charge in [-0.15, -0.1) is 0 Å². The van der Waals surface area contributed by atoms with Gasteiger partial charge in [0.1, 0.15) is 0 Å². The van der Waals surface area contributed by atoms with Gasteiger partial charge < -0.3 is 5.73 Å². The van der Waals surface area contributed by atoms with Gasteiger partial charge in [0.25, 0.3) is 0 Å². The summed E-state index contributed by atoms with van der Waals surface area (Å²) in [4.78, 5) is 0. The van der Waals surface area contributed by atoms with E-state index in [-0.39, 0.29) is 0 Å². The van der Waals surface area contributed by atoms with Crippen molar-refractivity contribution in [3.63, 3.8) is 0 Å². The van der Waals surface area contributed by atoms with Gasteiger partial charge in [-0.25, -0.2) is 0 Å². The fraction of sp³-hybridized carbons (Fsp3) is 0.429. The minimum absolute atomic E-state index is 0.737. The molecule has 0 aromatic carbocycles. The second-order valence-corrected chi connectivity index (χ2v) is 1.97. The number of allylic oxidation sites excluding steroid dienone is 2. The molecule has 0 saturated carbocycles.